The largest absolute Gasteiger partial charge is 0.475 e. The molecule has 15 heavy (non-hydrogen) atoms. The molecule has 0 amide bonds. The van der Waals surface area contributed by atoms with E-state index in [4.69, 9.17) is 13.6 Å². The summed E-state index contributed by atoms with van der Waals surface area (Å²) >= 11 is 0. The van der Waals surface area contributed by atoms with Crippen LogP contribution < -0.4 is 0 Å². The first-order chi connectivity index (χ1) is 6.95. The van der Waals surface area contributed by atoms with E-state index in [1.54, 1.807) is 0 Å². The summed E-state index contributed by atoms with van der Waals surface area (Å²) < 4.78 is 27.8. The maximum absolute atomic E-state index is 12.0. The van der Waals surface area contributed by atoms with Crippen molar-refractivity contribution in [3.8, 4) is 0 Å². The Balaban J connectivity index is 2.47. The summed E-state index contributed by atoms with van der Waals surface area (Å²) in [6.45, 7) is 8.31. The molecular formula is C10H21O4P. The molecule has 0 saturated carbocycles. The minimum absolute atomic E-state index is 0.0588. The van der Waals surface area contributed by atoms with Crippen molar-refractivity contribution in [1.29, 1.82) is 0 Å². The van der Waals surface area contributed by atoms with Gasteiger partial charge in [-0.1, -0.05) is 20.3 Å². The Labute approximate surface area is 91.9 Å². The van der Waals surface area contributed by atoms with E-state index in [1.807, 2.05) is 20.8 Å². The average Bonchev–Trinajstić information content (AvgIpc) is 2.12. The Bertz CT molecular complexity index is 230. The predicted molar refractivity (Wildman–Crippen MR) is 58.7 cm³/mol. The Hall–Kier alpha value is 0.110. The van der Waals surface area contributed by atoms with Crippen LogP contribution in [0.1, 0.15) is 40.5 Å². The topological polar surface area (TPSA) is 44.8 Å². The molecule has 5 heteroatoms. The highest BCUT2D eigenvalue weighted by atomic mass is 31.2. The van der Waals surface area contributed by atoms with Crippen molar-refractivity contribution in [2.75, 3.05) is 6.61 Å². The van der Waals surface area contributed by atoms with Crippen LogP contribution in [0, 0.1) is 5.92 Å². The van der Waals surface area contributed by atoms with Gasteiger partial charge in [0.25, 0.3) is 0 Å². The maximum atomic E-state index is 12.0. The number of phosphoric acid groups is 1. The monoisotopic (exact) mass is 236 g/mol. The third-order valence-corrected chi connectivity index (χ3v) is 4.20. The summed E-state index contributed by atoms with van der Waals surface area (Å²) in [5, 5.41) is 0. The van der Waals surface area contributed by atoms with Crippen LogP contribution in [0.5, 0.6) is 0 Å². The van der Waals surface area contributed by atoms with E-state index < -0.39 is 7.82 Å². The fourth-order valence-corrected chi connectivity index (χ4v) is 3.08. The minimum atomic E-state index is -3.29. The highest BCUT2D eigenvalue weighted by Gasteiger charge is 2.37. The van der Waals surface area contributed by atoms with E-state index in [0.717, 1.165) is 12.8 Å². The van der Waals surface area contributed by atoms with Crippen LogP contribution in [0.4, 0.5) is 0 Å². The van der Waals surface area contributed by atoms with E-state index in [0.29, 0.717) is 12.5 Å². The van der Waals surface area contributed by atoms with E-state index in [2.05, 4.69) is 6.92 Å². The Morgan fingerprint density at radius 3 is 2.40 bits per heavy atom. The van der Waals surface area contributed by atoms with Crippen LogP contribution in [0.3, 0.4) is 0 Å². The van der Waals surface area contributed by atoms with Crippen molar-refractivity contribution in [2.45, 2.75) is 52.7 Å². The molecule has 1 aliphatic rings. The van der Waals surface area contributed by atoms with E-state index in [1.165, 1.54) is 0 Å². The summed E-state index contributed by atoms with van der Waals surface area (Å²) in [7, 11) is -3.29. The zero-order chi connectivity index (χ0) is 11.5. The summed E-state index contributed by atoms with van der Waals surface area (Å²) in [6, 6.07) is 0. The van der Waals surface area contributed by atoms with Gasteiger partial charge in [0.2, 0.25) is 0 Å². The molecular weight excluding hydrogens is 215 g/mol. The minimum Gasteiger partial charge on any atom is -0.287 e. The van der Waals surface area contributed by atoms with Gasteiger partial charge in [-0.05, 0) is 19.8 Å². The van der Waals surface area contributed by atoms with Gasteiger partial charge in [0.05, 0.1) is 18.8 Å². The van der Waals surface area contributed by atoms with Crippen LogP contribution in [0.2, 0.25) is 0 Å². The zero-order valence-electron chi connectivity index (χ0n) is 9.93. The molecule has 0 aliphatic carbocycles. The molecule has 1 aliphatic heterocycles. The predicted octanol–water partition coefficient (Wildman–Crippen LogP) is 3.37. The molecule has 1 heterocycles. The van der Waals surface area contributed by atoms with Gasteiger partial charge in [-0.15, -0.1) is 0 Å². The molecule has 1 rings (SSSR count). The average molecular weight is 236 g/mol. The summed E-state index contributed by atoms with van der Waals surface area (Å²) in [6.07, 6.45) is 1.63. The molecule has 3 atom stereocenters. The van der Waals surface area contributed by atoms with Gasteiger partial charge >= 0.3 is 7.82 Å². The lowest BCUT2D eigenvalue weighted by molar-refractivity contribution is -0.00104. The smallest absolute Gasteiger partial charge is 0.287 e. The van der Waals surface area contributed by atoms with Crippen LogP contribution in [0.25, 0.3) is 0 Å². The van der Waals surface area contributed by atoms with E-state index in [-0.39, 0.29) is 12.2 Å². The molecule has 4 nitrogen and oxygen atoms in total. The van der Waals surface area contributed by atoms with Crippen molar-refractivity contribution >= 4 is 7.82 Å². The number of hydrogen-bond acceptors (Lipinski definition) is 4. The van der Waals surface area contributed by atoms with Gasteiger partial charge in [0, 0.05) is 6.42 Å². The van der Waals surface area contributed by atoms with E-state index >= 15 is 0 Å². The molecule has 0 N–H and O–H groups in total. The molecule has 0 aromatic heterocycles. The van der Waals surface area contributed by atoms with Gasteiger partial charge in [-0.3, -0.25) is 13.6 Å². The highest BCUT2D eigenvalue weighted by molar-refractivity contribution is 7.48. The molecule has 0 bridgehead atoms. The third-order valence-electron chi connectivity index (χ3n) is 2.50. The first-order valence-corrected chi connectivity index (χ1v) is 7.02. The van der Waals surface area contributed by atoms with Crippen molar-refractivity contribution in [3.63, 3.8) is 0 Å². The quantitative estimate of drug-likeness (QED) is 0.702. The normalized spacial score (nSPS) is 38.9. The maximum Gasteiger partial charge on any atom is 0.475 e. The van der Waals surface area contributed by atoms with E-state index in [9.17, 15) is 4.57 Å². The lowest BCUT2D eigenvalue weighted by Crippen LogP contribution is -2.25. The lowest BCUT2D eigenvalue weighted by atomic mass is 10.1. The highest BCUT2D eigenvalue weighted by Crippen LogP contribution is 2.55. The zero-order valence-corrected chi connectivity index (χ0v) is 10.8. The summed E-state index contributed by atoms with van der Waals surface area (Å²) in [5.41, 5.74) is 0. The van der Waals surface area contributed by atoms with Crippen LogP contribution in [-0.2, 0) is 18.1 Å². The molecule has 0 radical (unpaired) electrons. The molecule has 0 spiro atoms. The van der Waals surface area contributed by atoms with Gasteiger partial charge in [-0.2, -0.15) is 0 Å². The molecule has 0 aromatic carbocycles. The van der Waals surface area contributed by atoms with Crippen molar-refractivity contribution < 1.29 is 18.1 Å². The van der Waals surface area contributed by atoms with Gasteiger partial charge in [0.1, 0.15) is 0 Å². The van der Waals surface area contributed by atoms with Gasteiger partial charge in [-0.25, -0.2) is 4.57 Å². The molecule has 90 valence electrons. The fourth-order valence-electron chi connectivity index (χ4n) is 1.42. The van der Waals surface area contributed by atoms with Crippen molar-refractivity contribution in [3.05, 3.63) is 0 Å². The van der Waals surface area contributed by atoms with Crippen LogP contribution >= 0.6 is 7.82 Å². The third kappa shape index (κ3) is 4.23. The first kappa shape index (κ1) is 13.2. The second-order valence-corrected chi connectivity index (χ2v) is 5.90. The standard InChI is InChI=1S/C10H21O4P/c1-5-8(2)7-12-15(11)13-9(3)6-10(4)14-15/h8-10H,5-7H2,1-4H3. The Morgan fingerprint density at radius 2 is 1.93 bits per heavy atom. The second kappa shape index (κ2) is 5.44. The first-order valence-electron chi connectivity index (χ1n) is 5.56. The molecule has 3 unspecified atom stereocenters. The van der Waals surface area contributed by atoms with Crippen molar-refractivity contribution in [2.24, 2.45) is 5.92 Å². The summed E-state index contributed by atoms with van der Waals surface area (Å²) in [5.74, 6) is 0.371. The summed E-state index contributed by atoms with van der Waals surface area (Å²) in [4.78, 5) is 0. The number of hydrogen-bond donors (Lipinski definition) is 0. The molecule has 1 fully saturated rings. The molecule has 0 aromatic rings. The van der Waals surface area contributed by atoms with Crippen LogP contribution in [-0.4, -0.2) is 18.8 Å². The molecule has 1 saturated heterocycles. The Morgan fingerprint density at radius 1 is 1.40 bits per heavy atom. The van der Waals surface area contributed by atoms with Gasteiger partial charge < -0.3 is 0 Å². The second-order valence-electron chi connectivity index (χ2n) is 4.32. The Kier molecular flexibility index (Phi) is 4.78. The number of phosphoric ester groups is 1. The van der Waals surface area contributed by atoms with Crippen LogP contribution in [0.15, 0.2) is 0 Å². The fraction of sp³-hybridized carbons (Fsp3) is 1.00. The van der Waals surface area contributed by atoms with Crippen molar-refractivity contribution in [1.82, 2.24) is 0 Å². The number of rotatable bonds is 4. The lowest BCUT2D eigenvalue weighted by Gasteiger charge is -2.31. The van der Waals surface area contributed by atoms with Gasteiger partial charge in [0.15, 0.2) is 0 Å². The SMILES string of the molecule is CCC(C)COP1(=O)OC(C)CC(C)O1.